The zero-order valence-corrected chi connectivity index (χ0v) is 16.3. The maximum atomic E-state index is 10.7. The van der Waals surface area contributed by atoms with Crippen molar-refractivity contribution >= 4 is 10.1 Å². The van der Waals surface area contributed by atoms with Gasteiger partial charge in [0.1, 0.15) is 0 Å². The Morgan fingerprint density at radius 1 is 1.23 bits per heavy atom. The molecule has 1 aromatic rings. The third kappa shape index (κ3) is 10.3. The first-order valence-electron chi connectivity index (χ1n) is 7.24. The molecule has 26 heavy (non-hydrogen) atoms. The molecular weight excluding hydrogens is 492 g/mol. The highest BCUT2D eigenvalue weighted by molar-refractivity contribution is 7.86. The van der Waals surface area contributed by atoms with Gasteiger partial charge in [-0.3, -0.25) is 0 Å². The third-order valence-corrected chi connectivity index (χ3v) is 5.08. The first-order valence-corrected chi connectivity index (χ1v) is 10.8. The van der Waals surface area contributed by atoms with Gasteiger partial charge in [0.2, 0.25) is 3.57 Å². The quantitative estimate of drug-likeness (QED) is 0.172. The lowest BCUT2D eigenvalue weighted by Gasteiger charge is -2.22. The molecule has 146 valence electrons. The van der Waals surface area contributed by atoms with Gasteiger partial charge in [-0.05, 0) is 24.5 Å². The minimum atomic E-state index is -6.09. The van der Waals surface area contributed by atoms with Crippen molar-refractivity contribution in [2.45, 2.75) is 24.8 Å². The van der Waals surface area contributed by atoms with E-state index in [0.29, 0.717) is 6.61 Å². The monoisotopic (exact) mass is 508 g/mol. The van der Waals surface area contributed by atoms with E-state index in [9.17, 15) is 13.2 Å². The van der Waals surface area contributed by atoms with Crippen molar-refractivity contribution in [1.29, 1.82) is 0 Å². The van der Waals surface area contributed by atoms with Gasteiger partial charge in [0.25, 0.3) is 6.48 Å². The fourth-order valence-corrected chi connectivity index (χ4v) is 2.93. The number of benzene rings is 1. The molecule has 1 saturated heterocycles. The van der Waals surface area contributed by atoms with Crippen molar-refractivity contribution in [2.75, 3.05) is 19.8 Å². The van der Waals surface area contributed by atoms with Gasteiger partial charge in [-0.25, -0.2) is 8.42 Å². The van der Waals surface area contributed by atoms with Crippen LogP contribution in [0.2, 0.25) is 0 Å². The van der Waals surface area contributed by atoms with Gasteiger partial charge in [0.15, 0.2) is 14.0 Å². The number of halogens is 4. The summed E-state index contributed by atoms with van der Waals surface area (Å²) in [6.07, 6.45) is 1.68. The van der Waals surface area contributed by atoms with Gasteiger partial charge in [-0.2, -0.15) is 13.2 Å². The van der Waals surface area contributed by atoms with Crippen molar-refractivity contribution in [1.82, 2.24) is 0 Å². The summed E-state index contributed by atoms with van der Waals surface area (Å²) in [5.41, 5.74) is -5.65. The summed E-state index contributed by atoms with van der Waals surface area (Å²) in [7, 11) is -6.09. The second-order valence-electron chi connectivity index (χ2n) is 4.57. The van der Waals surface area contributed by atoms with Crippen molar-refractivity contribution in [3.8, 4) is 9.85 Å². The molecule has 0 radical (unpaired) electrons. The second-order valence-corrected chi connectivity index (χ2v) is 8.26. The van der Waals surface area contributed by atoms with Crippen LogP contribution in [0.3, 0.4) is 0 Å². The van der Waals surface area contributed by atoms with E-state index >= 15 is 0 Å². The molecule has 0 atom stereocenters. The van der Waals surface area contributed by atoms with Gasteiger partial charge in [0.05, 0.1) is 19.8 Å². The van der Waals surface area contributed by atoms with Gasteiger partial charge in [-0.1, -0.05) is 18.2 Å². The third-order valence-electron chi connectivity index (χ3n) is 2.52. The second kappa shape index (κ2) is 11.7. The fraction of sp³-hybridized carbons (Fsp3) is 0.467. The molecule has 1 aliphatic heterocycles. The fourth-order valence-electron chi connectivity index (χ4n) is 1.38. The SMILES string of the molecule is C(#C[I+]c1ccccc1)CCOC1OCCCO1.O=S(=O)([O-])C(F)(F)F. The number of rotatable bonds is 4. The normalized spacial score (nSPS) is 15.4. The smallest absolute Gasteiger partial charge is 0.485 e. The maximum Gasteiger partial charge on any atom is 0.485 e. The summed E-state index contributed by atoms with van der Waals surface area (Å²) < 4.78 is 79.4. The molecule has 0 N–H and O–H groups in total. The van der Waals surface area contributed by atoms with Crippen LogP contribution in [0.5, 0.6) is 0 Å². The summed E-state index contributed by atoms with van der Waals surface area (Å²) in [4.78, 5) is 0. The van der Waals surface area contributed by atoms with E-state index < -0.39 is 22.1 Å². The van der Waals surface area contributed by atoms with Crippen molar-refractivity contribution in [2.24, 2.45) is 0 Å². The highest BCUT2D eigenvalue weighted by Crippen LogP contribution is 2.20. The average Bonchev–Trinajstić information content (AvgIpc) is 2.59. The van der Waals surface area contributed by atoms with Crippen LogP contribution in [0.15, 0.2) is 30.3 Å². The number of alkyl halides is 3. The lowest BCUT2D eigenvalue weighted by molar-refractivity contribution is -0.535. The van der Waals surface area contributed by atoms with Crippen LogP contribution >= 0.6 is 0 Å². The topological polar surface area (TPSA) is 84.9 Å². The molecule has 6 nitrogen and oxygen atoms in total. The predicted octanol–water partition coefficient (Wildman–Crippen LogP) is -0.915. The van der Waals surface area contributed by atoms with Crippen LogP contribution in [0.25, 0.3) is 0 Å². The molecule has 0 spiro atoms. The van der Waals surface area contributed by atoms with Crippen molar-refractivity contribution in [3.63, 3.8) is 0 Å². The number of hydrogen-bond donors (Lipinski definition) is 0. The van der Waals surface area contributed by atoms with E-state index in [2.05, 4.69) is 34.1 Å². The molecule has 1 fully saturated rings. The van der Waals surface area contributed by atoms with E-state index in [1.165, 1.54) is 3.57 Å². The van der Waals surface area contributed by atoms with Crippen LogP contribution < -0.4 is 21.2 Å². The van der Waals surface area contributed by atoms with E-state index in [1.54, 1.807) is 0 Å². The Bertz CT molecular complexity index is 679. The van der Waals surface area contributed by atoms with Gasteiger partial charge in [0, 0.05) is 6.42 Å². The Kier molecular flexibility index (Phi) is 10.4. The molecule has 0 bridgehead atoms. The van der Waals surface area contributed by atoms with Gasteiger partial charge < -0.3 is 18.8 Å². The van der Waals surface area contributed by atoms with Crippen LogP contribution in [-0.4, -0.2) is 44.8 Å². The largest absolute Gasteiger partial charge is 0.741 e. The average molecular weight is 508 g/mol. The molecule has 2 rings (SSSR count). The van der Waals surface area contributed by atoms with Gasteiger partial charge in [-0.15, -0.1) is 0 Å². The molecule has 0 unspecified atom stereocenters. The molecule has 0 aliphatic carbocycles. The Labute approximate surface area is 160 Å². The van der Waals surface area contributed by atoms with E-state index in [1.807, 2.05) is 6.07 Å². The molecule has 1 aliphatic rings. The summed E-state index contributed by atoms with van der Waals surface area (Å²) >= 11 is -0.186. The zero-order valence-electron chi connectivity index (χ0n) is 13.4. The molecule has 1 aromatic carbocycles. The Morgan fingerprint density at radius 2 is 1.81 bits per heavy atom. The highest BCUT2D eigenvalue weighted by Gasteiger charge is 2.36. The summed E-state index contributed by atoms with van der Waals surface area (Å²) in [6, 6.07) is 10.4. The highest BCUT2D eigenvalue weighted by atomic mass is 127. The number of hydrogen-bond acceptors (Lipinski definition) is 6. The maximum absolute atomic E-state index is 10.7. The van der Waals surface area contributed by atoms with E-state index in [4.69, 9.17) is 27.2 Å². The zero-order chi connectivity index (χ0) is 19.5. The summed E-state index contributed by atoms with van der Waals surface area (Å²) in [5.74, 6) is 3.14. The Morgan fingerprint density at radius 3 is 2.35 bits per heavy atom. The van der Waals surface area contributed by atoms with E-state index in [-0.39, 0.29) is 21.2 Å². The Hall–Kier alpha value is -0.910. The molecule has 1 heterocycles. The predicted molar refractivity (Wildman–Crippen MR) is 79.5 cm³/mol. The van der Waals surface area contributed by atoms with Gasteiger partial charge >= 0.3 is 26.7 Å². The van der Waals surface area contributed by atoms with Crippen LogP contribution in [0.4, 0.5) is 13.2 Å². The standard InChI is InChI=1S/C14H16IO3.CHF3O3S/c1-2-7-13(8-3-1)15-9-4-5-10-16-14-17-11-6-12-18-14;2-1(3,4)8(5,6)7/h1-3,7-8,14H,5-6,10-12H2;(H,5,6,7)/q+1;/p-1. The summed E-state index contributed by atoms with van der Waals surface area (Å²) in [6.45, 7) is 1.52. The molecule has 11 heteroatoms. The van der Waals surface area contributed by atoms with Crippen LogP contribution in [-0.2, 0) is 24.3 Å². The molecule has 0 saturated carbocycles. The first-order chi connectivity index (χ1) is 12.2. The molecule has 0 aromatic heterocycles. The lowest BCUT2D eigenvalue weighted by atomic mass is 10.4. The molecule has 0 amide bonds. The minimum Gasteiger partial charge on any atom is -0.741 e. The van der Waals surface area contributed by atoms with E-state index in [0.717, 1.165) is 26.1 Å². The number of ether oxygens (including phenoxy) is 3. The summed E-state index contributed by atoms with van der Waals surface area (Å²) in [5, 5.41) is 0. The Balaban J connectivity index is 0.000000359. The van der Waals surface area contributed by atoms with Crippen LogP contribution in [0.1, 0.15) is 12.8 Å². The van der Waals surface area contributed by atoms with Crippen LogP contribution in [0, 0.1) is 13.4 Å². The minimum absolute atomic E-state index is 0.186. The molecular formula is C15H16F3IO6S. The van der Waals surface area contributed by atoms with Crippen molar-refractivity contribution in [3.05, 3.63) is 33.9 Å². The first kappa shape index (κ1) is 23.1. The van der Waals surface area contributed by atoms with Crippen molar-refractivity contribution < 1.29 is 61.6 Å². The lowest BCUT2D eigenvalue weighted by Crippen LogP contribution is -3.59.